The molecule has 7 amide bonds. The third kappa shape index (κ3) is 11.6. The molecule has 0 spiro atoms. The Morgan fingerprint density at radius 2 is 1.73 bits per heavy atom. The number of likely N-dealkylation sites (N-methyl/N-ethyl adjacent to an activating group) is 2. The van der Waals surface area contributed by atoms with Crippen LogP contribution in [0.15, 0.2) is 18.2 Å². The maximum Gasteiger partial charge on any atom is 0.403 e. The van der Waals surface area contributed by atoms with E-state index < -0.39 is 121 Å². The van der Waals surface area contributed by atoms with Gasteiger partial charge in [-0.05, 0) is 104 Å². The van der Waals surface area contributed by atoms with Gasteiger partial charge in [-0.1, -0.05) is 32.4 Å². The van der Waals surface area contributed by atoms with Crippen LogP contribution < -0.4 is 21.3 Å². The Bertz CT molecular complexity index is 1800. The van der Waals surface area contributed by atoms with Gasteiger partial charge in [0.25, 0.3) is 0 Å². The summed E-state index contributed by atoms with van der Waals surface area (Å²) >= 11 is 8.38. The highest BCUT2D eigenvalue weighted by Gasteiger charge is 2.70. The highest BCUT2D eigenvalue weighted by molar-refractivity contribution is 14.1. The minimum atomic E-state index is -4.88. The van der Waals surface area contributed by atoms with Crippen LogP contribution in [0.2, 0.25) is 5.02 Å². The largest absolute Gasteiger partial charge is 0.403 e. The molecular weight excluding hydrogens is 929 g/mol. The topological polar surface area (TPSA) is 177 Å². The summed E-state index contributed by atoms with van der Waals surface area (Å²) in [6, 6.07) is -2.27. The van der Waals surface area contributed by atoms with Crippen molar-refractivity contribution in [3.05, 3.63) is 32.4 Å². The number of nitrogens with zero attached hydrogens (tertiary/aromatic N) is 3. The van der Waals surface area contributed by atoms with Crippen molar-refractivity contribution in [3.63, 3.8) is 0 Å². The molecule has 0 unspecified atom stereocenters. The van der Waals surface area contributed by atoms with Crippen molar-refractivity contribution < 1.29 is 51.1 Å². The summed E-state index contributed by atoms with van der Waals surface area (Å²) in [6.07, 6.45) is -7.26. The molecule has 3 aliphatic rings. The third-order valence-electron chi connectivity index (χ3n) is 11.5. The fraction of sp³-hybridized carbons (Fsp3) is 0.675. The number of amides is 7. The van der Waals surface area contributed by atoms with Crippen molar-refractivity contribution in [1.82, 2.24) is 36.0 Å². The summed E-state index contributed by atoms with van der Waals surface area (Å²) < 4.78 is 56.9. The molecule has 0 bridgehead atoms. The molecule has 20 heteroatoms. The lowest BCUT2D eigenvalue weighted by molar-refractivity contribution is -0.199. The van der Waals surface area contributed by atoms with E-state index in [0.717, 1.165) is 8.47 Å². The third-order valence-corrected chi connectivity index (χ3v) is 12.8. The highest BCUT2D eigenvalue weighted by atomic mass is 127. The molecule has 2 aliphatic heterocycles. The van der Waals surface area contributed by atoms with E-state index >= 15 is 0 Å². The van der Waals surface area contributed by atoms with Gasteiger partial charge in [0.05, 0.1) is 6.54 Å². The standard InChI is InChI=1S/C40H55ClF4IN7O7/c1-7-27(49-35(57)31-19-25(42)20-53(31)38(60)39(13-14-39)40(43,44)45)36(58)51(5)29-10-8-9-15-47-32(54)22(4)48-34(56)30(18-23-17-24(41)11-12-26(23)46)52(6)37(59)28(16-21(2)3)50-33(29)55/h11-12,17,21-22,25,27-31H,7-10,13-16,18-20H2,1-6H3,(H,47,54)(H,48,56)(H,49,57)(H,50,55)/t22-,25-,27+,28+,29+,30+,31+/m1/s1. The fourth-order valence-electron chi connectivity index (χ4n) is 7.66. The Kier molecular flexibility index (Phi) is 16.6. The van der Waals surface area contributed by atoms with Crippen molar-refractivity contribution in [2.24, 2.45) is 11.3 Å². The van der Waals surface area contributed by atoms with Crippen molar-refractivity contribution in [2.45, 2.75) is 134 Å². The molecule has 14 nitrogen and oxygen atoms in total. The van der Waals surface area contributed by atoms with Gasteiger partial charge in [0.2, 0.25) is 41.4 Å². The maximum absolute atomic E-state index is 14.6. The molecule has 60 heavy (non-hydrogen) atoms. The van der Waals surface area contributed by atoms with Crippen LogP contribution in [0.4, 0.5) is 17.6 Å². The normalized spacial score (nSPS) is 26.2. The lowest BCUT2D eigenvalue weighted by atomic mass is 9.98. The first-order valence-corrected chi connectivity index (χ1v) is 21.7. The average Bonchev–Trinajstić information content (AvgIpc) is 3.92. The maximum atomic E-state index is 14.6. The van der Waals surface area contributed by atoms with E-state index in [1.54, 1.807) is 25.1 Å². The number of rotatable bonds is 10. The Hall–Kier alpha value is -3.75. The average molecular weight is 984 g/mol. The van der Waals surface area contributed by atoms with Crippen LogP contribution in [0, 0.1) is 14.9 Å². The number of benzene rings is 1. The van der Waals surface area contributed by atoms with E-state index in [4.69, 9.17) is 11.6 Å². The predicted octanol–water partition coefficient (Wildman–Crippen LogP) is 3.65. The zero-order valence-electron chi connectivity index (χ0n) is 34.6. The molecular formula is C40H55ClF4IN7O7. The van der Waals surface area contributed by atoms with Gasteiger partial charge in [0, 0.05) is 42.1 Å². The predicted molar refractivity (Wildman–Crippen MR) is 222 cm³/mol. The second-order valence-corrected chi connectivity index (χ2v) is 18.0. The quantitative estimate of drug-likeness (QED) is 0.205. The van der Waals surface area contributed by atoms with Gasteiger partial charge in [-0.25, -0.2) is 4.39 Å². The lowest BCUT2D eigenvalue weighted by Crippen LogP contribution is -2.60. The summed E-state index contributed by atoms with van der Waals surface area (Å²) in [4.78, 5) is 99.3. The van der Waals surface area contributed by atoms with E-state index in [1.165, 1.54) is 25.9 Å². The van der Waals surface area contributed by atoms with Crippen LogP contribution in [-0.2, 0) is 40.0 Å². The van der Waals surface area contributed by atoms with Crippen molar-refractivity contribution >= 4 is 75.5 Å². The SMILES string of the molecule is CC[C@H](NC(=O)[C@@H]1C[C@@H](F)CN1C(=O)C1(C(F)(F)F)CC1)C(=O)N(C)[C@H]1CCCCNC(=O)[C@@H](C)NC(=O)[C@H](Cc2cc(Cl)ccc2I)N(C)C(=O)[C@H](CC(C)C)NC1=O. The number of halogens is 6. The number of carbonyl (C=O) groups excluding carboxylic acids is 7. The van der Waals surface area contributed by atoms with Gasteiger partial charge in [-0.2, -0.15) is 13.2 Å². The van der Waals surface area contributed by atoms with Gasteiger partial charge >= 0.3 is 6.18 Å². The first-order valence-electron chi connectivity index (χ1n) is 20.2. The monoisotopic (exact) mass is 983 g/mol. The molecule has 1 aromatic carbocycles. The number of nitrogens with one attached hydrogen (secondary N) is 4. The second kappa shape index (κ2) is 20.4. The Morgan fingerprint density at radius 1 is 1.07 bits per heavy atom. The molecule has 1 saturated carbocycles. The van der Waals surface area contributed by atoms with Gasteiger partial charge in [-0.3, -0.25) is 33.6 Å². The van der Waals surface area contributed by atoms with E-state index in [0.29, 0.717) is 28.3 Å². The van der Waals surface area contributed by atoms with Crippen LogP contribution >= 0.6 is 34.2 Å². The summed E-state index contributed by atoms with van der Waals surface area (Å²) in [5.74, 6) is -5.65. The Morgan fingerprint density at radius 3 is 2.33 bits per heavy atom. The zero-order chi connectivity index (χ0) is 44.9. The number of likely N-dealkylation sites (tertiary alicyclic amines) is 1. The van der Waals surface area contributed by atoms with Crippen LogP contribution in [0.1, 0.15) is 84.6 Å². The molecule has 0 radical (unpaired) electrons. The second-order valence-electron chi connectivity index (χ2n) is 16.4. The number of alkyl halides is 4. The zero-order valence-corrected chi connectivity index (χ0v) is 37.5. The highest BCUT2D eigenvalue weighted by Crippen LogP contribution is 2.59. The van der Waals surface area contributed by atoms with Crippen LogP contribution in [-0.4, -0.2) is 132 Å². The summed E-state index contributed by atoms with van der Waals surface area (Å²) in [5, 5.41) is 11.2. The Balaban J connectivity index is 1.60. The molecule has 1 aromatic rings. The van der Waals surface area contributed by atoms with Crippen molar-refractivity contribution in [1.29, 1.82) is 0 Å². The minimum Gasteiger partial charge on any atom is -0.354 e. The van der Waals surface area contributed by atoms with Gasteiger partial charge < -0.3 is 36.0 Å². The van der Waals surface area contributed by atoms with Crippen LogP contribution in [0.25, 0.3) is 0 Å². The molecule has 2 saturated heterocycles. The van der Waals surface area contributed by atoms with Crippen molar-refractivity contribution in [3.8, 4) is 0 Å². The summed E-state index contributed by atoms with van der Waals surface area (Å²) in [5.41, 5.74) is -2.00. The molecule has 334 valence electrons. The molecule has 2 heterocycles. The lowest BCUT2D eigenvalue weighted by Gasteiger charge is -2.35. The first kappa shape index (κ1) is 48.9. The summed E-state index contributed by atoms with van der Waals surface area (Å²) in [6.45, 7) is 6.23. The number of hydrogen-bond donors (Lipinski definition) is 4. The molecule has 7 atom stereocenters. The van der Waals surface area contributed by atoms with Crippen LogP contribution in [0.3, 0.4) is 0 Å². The molecule has 4 rings (SSSR count). The number of hydrogen-bond acceptors (Lipinski definition) is 7. The van der Waals surface area contributed by atoms with E-state index in [9.17, 15) is 51.1 Å². The first-order chi connectivity index (χ1) is 28.0. The van der Waals surface area contributed by atoms with Gasteiger partial charge in [0.1, 0.15) is 47.8 Å². The fourth-order valence-corrected chi connectivity index (χ4v) is 8.41. The van der Waals surface area contributed by atoms with Gasteiger partial charge in [0.15, 0.2) is 0 Å². The van der Waals surface area contributed by atoms with Gasteiger partial charge in [-0.15, -0.1) is 0 Å². The molecule has 0 aromatic heterocycles. The van der Waals surface area contributed by atoms with E-state index in [-0.39, 0.29) is 38.1 Å². The smallest absolute Gasteiger partial charge is 0.354 e. The van der Waals surface area contributed by atoms with Crippen molar-refractivity contribution in [2.75, 3.05) is 27.2 Å². The minimum absolute atomic E-state index is 0.0234. The molecule has 1 aliphatic carbocycles. The number of carbonyl (C=O) groups is 7. The van der Waals surface area contributed by atoms with E-state index in [2.05, 4.69) is 43.9 Å². The molecule has 3 fully saturated rings. The molecule has 4 N–H and O–H groups in total. The van der Waals surface area contributed by atoms with E-state index in [1.807, 2.05) is 13.8 Å². The van der Waals surface area contributed by atoms with Crippen LogP contribution in [0.5, 0.6) is 0 Å². The Labute approximate surface area is 366 Å². The summed E-state index contributed by atoms with van der Waals surface area (Å²) in [7, 11) is 2.77.